The summed E-state index contributed by atoms with van der Waals surface area (Å²) in [5, 5.41) is 66.8. The number of carbonyl (C=O) groups excluding carboxylic acids is 3. The average molecular weight is 368 g/mol. The summed E-state index contributed by atoms with van der Waals surface area (Å²) in [6.07, 6.45) is -17.7. The van der Waals surface area contributed by atoms with Crippen LogP contribution in [0.25, 0.3) is 0 Å². The first-order chi connectivity index (χ1) is 11.6. The second kappa shape index (κ2) is 6.89. The lowest BCUT2D eigenvalue weighted by molar-refractivity contribution is -0.302. The summed E-state index contributed by atoms with van der Waals surface area (Å²) in [6.45, 7) is 0. The lowest BCUT2D eigenvalue weighted by Crippen LogP contribution is -2.63. The fraction of sp³-hybridized carbons (Fsp3) is 0.750. The van der Waals surface area contributed by atoms with E-state index in [-0.39, 0.29) is 6.29 Å². The molecule has 13 heteroatoms. The molecule has 0 aromatic heterocycles. The van der Waals surface area contributed by atoms with Crippen molar-refractivity contribution in [2.24, 2.45) is 0 Å². The predicted molar refractivity (Wildman–Crippen MR) is 67.9 cm³/mol. The number of aliphatic hydroxyl groups is 7. The Hall–Kier alpha value is -1.71. The number of ether oxygens (including phenoxy) is 3. The zero-order valence-electron chi connectivity index (χ0n) is 12.3. The third-order valence-electron chi connectivity index (χ3n) is 3.83. The molecule has 0 amide bonds. The van der Waals surface area contributed by atoms with Gasteiger partial charge in [0.25, 0.3) is 0 Å². The zero-order chi connectivity index (χ0) is 19.1. The van der Waals surface area contributed by atoms with Crippen LogP contribution in [0, 0.1) is 0 Å². The summed E-state index contributed by atoms with van der Waals surface area (Å²) >= 11 is 0. The van der Waals surface area contributed by atoms with Crippen molar-refractivity contribution in [1.29, 1.82) is 0 Å². The van der Waals surface area contributed by atoms with E-state index < -0.39 is 66.7 Å². The Morgan fingerprint density at radius 1 is 1.12 bits per heavy atom. The standard InChI is InChI=1S/C12H16O13/c13-1-2(14)12(8(19)6(18)10(21)24-12)25-11(22)7-4(16)3(15)5(17)9(20)23-7/h1-9,14-20H/t2-,3?,4?,5?,6+,7?,8-,9?,12-/m1/s1. The first-order valence-electron chi connectivity index (χ1n) is 6.89. The zero-order valence-corrected chi connectivity index (χ0v) is 12.3. The Balaban J connectivity index is 2.26. The van der Waals surface area contributed by atoms with Gasteiger partial charge in [-0.1, -0.05) is 0 Å². The van der Waals surface area contributed by atoms with Gasteiger partial charge in [-0.05, 0) is 0 Å². The molecule has 2 rings (SSSR count). The molecular formula is C12H16O13. The van der Waals surface area contributed by atoms with Crippen molar-refractivity contribution in [1.82, 2.24) is 0 Å². The fourth-order valence-electron chi connectivity index (χ4n) is 2.37. The molecule has 0 aromatic rings. The number of cyclic esters (lactones) is 1. The smallest absolute Gasteiger partial charge is 0.341 e. The van der Waals surface area contributed by atoms with Crippen molar-refractivity contribution >= 4 is 18.2 Å². The molecule has 0 radical (unpaired) electrons. The molecule has 2 fully saturated rings. The van der Waals surface area contributed by atoms with Gasteiger partial charge in [0, 0.05) is 0 Å². The molecule has 0 saturated carbocycles. The lowest BCUT2D eigenvalue weighted by atomic mass is 9.98. The number of rotatable bonds is 4. The van der Waals surface area contributed by atoms with Crippen molar-refractivity contribution in [3.63, 3.8) is 0 Å². The maximum absolute atomic E-state index is 12.1. The summed E-state index contributed by atoms with van der Waals surface area (Å²) < 4.78 is 13.6. The minimum atomic E-state index is -3.04. The van der Waals surface area contributed by atoms with Gasteiger partial charge in [0.2, 0.25) is 0 Å². The molecule has 25 heavy (non-hydrogen) atoms. The molecular weight excluding hydrogens is 352 g/mol. The molecule has 2 saturated heterocycles. The van der Waals surface area contributed by atoms with Crippen molar-refractivity contribution in [3.8, 4) is 0 Å². The van der Waals surface area contributed by atoms with E-state index in [1.165, 1.54) is 0 Å². The number of hydrogen-bond acceptors (Lipinski definition) is 13. The summed E-state index contributed by atoms with van der Waals surface area (Å²) in [5.41, 5.74) is 0. The highest BCUT2D eigenvalue weighted by Crippen LogP contribution is 2.33. The SMILES string of the molecule is O=C[C@@H](O)[C@]1(OC(=O)C2OC(O)C(O)C(O)C2O)OC(=O)[C@@H](O)[C@H]1O. The Morgan fingerprint density at radius 3 is 2.20 bits per heavy atom. The second-order valence-electron chi connectivity index (χ2n) is 5.45. The van der Waals surface area contributed by atoms with Crippen molar-refractivity contribution < 1.29 is 64.3 Å². The summed E-state index contributed by atoms with van der Waals surface area (Å²) in [6, 6.07) is 0. The maximum Gasteiger partial charge on any atom is 0.341 e. The maximum atomic E-state index is 12.1. The van der Waals surface area contributed by atoms with Gasteiger partial charge in [0.15, 0.2) is 37.0 Å². The van der Waals surface area contributed by atoms with Gasteiger partial charge in [0.1, 0.15) is 18.3 Å². The van der Waals surface area contributed by atoms with E-state index in [2.05, 4.69) is 14.2 Å². The molecule has 0 spiro atoms. The van der Waals surface area contributed by atoms with Gasteiger partial charge in [-0.15, -0.1) is 0 Å². The van der Waals surface area contributed by atoms with E-state index in [4.69, 9.17) is 0 Å². The second-order valence-corrected chi connectivity index (χ2v) is 5.45. The molecule has 2 aliphatic heterocycles. The van der Waals surface area contributed by atoms with Gasteiger partial charge in [-0.2, -0.15) is 0 Å². The largest absolute Gasteiger partial charge is 0.414 e. The lowest BCUT2D eigenvalue weighted by Gasteiger charge is -2.39. The Bertz CT molecular complexity index is 551. The van der Waals surface area contributed by atoms with E-state index in [0.717, 1.165) is 0 Å². The Morgan fingerprint density at radius 2 is 1.72 bits per heavy atom. The molecule has 9 atom stereocenters. The van der Waals surface area contributed by atoms with Gasteiger partial charge in [0.05, 0.1) is 0 Å². The number of hydrogen-bond donors (Lipinski definition) is 7. The van der Waals surface area contributed by atoms with E-state index in [0.29, 0.717) is 0 Å². The molecule has 0 aliphatic carbocycles. The normalized spacial score (nSPS) is 45.6. The van der Waals surface area contributed by atoms with Crippen LogP contribution in [0.5, 0.6) is 0 Å². The molecule has 0 bridgehead atoms. The molecule has 5 unspecified atom stereocenters. The number of aldehydes is 1. The highest BCUT2D eigenvalue weighted by atomic mass is 16.8. The van der Waals surface area contributed by atoms with Crippen LogP contribution in [0.4, 0.5) is 0 Å². The van der Waals surface area contributed by atoms with Crippen molar-refractivity contribution in [3.05, 3.63) is 0 Å². The van der Waals surface area contributed by atoms with Gasteiger partial charge < -0.3 is 54.8 Å². The van der Waals surface area contributed by atoms with Crippen LogP contribution in [-0.4, -0.2) is 109 Å². The Kier molecular flexibility index (Phi) is 5.41. The number of esters is 2. The highest BCUT2D eigenvalue weighted by Gasteiger charge is 2.63. The first kappa shape index (κ1) is 19.6. The molecule has 13 nitrogen and oxygen atoms in total. The summed E-state index contributed by atoms with van der Waals surface area (Å²) in [5.74, 6) is -6.23. The first-order valence-corrected chi connectivity index (χ1v) is 6.89. The quantitative estimate of drug-likeness (QED) is 0.181. The molecule has 0 aromatic carbocycles. The topological polar surface area (TPSA) is 221 Å². The van der Waals surface area contributed by atoms with E-state index in [1.807, 2.05) is 0 Å². The molecule has 2 heterocycles. The third kappa shape index (κ3) is 3.11. The molecule has 142 valence electrons. The van der Waals surface area contributed by atoms with E-state index >= 15 is 0 Å². The van der Waals surface area contributed by atoms with Gasteiger partial charge in [-0.3, -0.25) is 0 Å². The van der Waals surface area contributed by atoms with Crippen LogP contribution < -0.4 is 0 Å². The minimum absolute atomic E-state index is 0.257. The van der Waals surface area contributed by atoms with Crippen molar-refractivity contribution in [2.75, 3.05) is 0 Å². The van der Waals surface area contributed by atoms with Crippen LogP contribution in [-0.2, 0) is 28.6 Å². The highest BCUT2D eigenvalue weighted by molar-refractivity contribution is 5.82. The summed E-state index contributed by atoms with van der Waals surface area (Å²) in [7, 11) is 0. The monoisotopic (exact) mass is 368 g/mol. The molecule has 7 N–H and O–H groups in total. The average Bonchev–Trinajstić information content (AvgIpc) is 2.80. The number of carbonyl (C=O) groups is 3. The fourth-order valence-corrected chi connectivity index (χ4v) is 2.37. The van der Waals surface area contributed by atoms with Crippen molar-refractivity contribution in [2.45, 2.75) is 54.8 Å². The molecule has 2 aliphatic rings. The minimum Gasteiger partial charge on any atom is -0.414 e. The van der Waals surface area contributed by atoms with Crippen LogP contribution in [0.3, 0.4) is 0 Å². The van der Waals surface area contributed by atoms with Gasteiger partial charge in [-0.25, -0.2) is 9.59 Å². The van der Waals surface area contributed by atoms with Crippen LogP contribution >= 0.6 is 0 Å². The van der Waals surface area contributed by atoms with Crippen LogP contribution in [0.2, 0.25) is 0 Å². The van der Waals surface area contributed by atoms with Crippen LogP contribution in [0.1, 0.15) is 0 Å². The van der Waals surface area contributed by atoms with E-state index in [1.54, 1.807) is 0 Å². The van der Waals surface area contributed by atoms with E-state index in [9.17, 15) is 50.1 Å². The predicted octanol–water partition coefficient (Wildman–Crippen LogP) is -6.14. The van der Waals surface area contributed by atoms with Crippen LogP contribution in [0.15, 0.2) is 0 Å². The summed E-state index contributed by atoms with van der Waals surface area (Å²) in [4.78, 5) is 34.3. The Labute approximate surface area is 138 Å². The number of aliphatic hydroxyl groups excluding tert-OH is 7. The van der Waals surface area contributed by atoms with Gasteiger partial charge >= 0.3 is 17.7 Å². The third-order valence-corrected chi connectivity index (χ3v) is 3.83.